The van der Waals surface area contributed by atoms with Crippen LogP contribution in [0.5, 0.6) is 0 Å². The molecule has 8 heteroatoms. The van der Waals surface area contributed by atoms with E-state index in [1.165, 1.54) is 0 Å². The number of carbonyl (C=O) groups is 1. The molecule has 0 radical (unpaired) electrons. The van der Waals surface area contributed by atoms with Crippen molar-refractivity contribution in [1.29, 1.82) is 0 Å². The quantitative estimate of drug-likeness (QED) is 0.333. The molecule has 0 bridgehead atoms. The maximum absolute atomic E-state index is 12.8. The Morgan fingerprint density at radius 1 is 1.03 bits per heavy atom. The number of aromatic nitrogens is 3. The molecule has 5 rings (SSSR count). The second-order valence-corrected chi connectivity index (χ2v) is 9.73. The maximum Gasteiger partial charge on any atom is 0.226 e. The highest BCUT2D eigenvalue weighted by atomic mass is 32.1. The first-order valence-corrected chi connectivity index (χ1v) is 12.8. The second kappa shape index (κ2) is 10.5. The van der Waals surface area contributed by atoms with Crippen molar-refractivity contribution in [2.75, 3.05) is 11.9 Å². The number of pyridine rings is 2. The Labute approximate surface area is 222 Å². The Kier molecular flexibility index (Phi) is 7.01. The summed E-state index contributed by atoms with van der Waals surface area (Å²) in [4.78, 5) is 24.2. The van der Waals surface area contributed by atoms with Crippen molar-refractivity contribution >= 4 is 28.9 Å². The lowest BCUT2D eigenvalue weighted by Crippen LogP contribution is -2.32. The normalized spacial score (nSPS) is 17.1. The molecule has 1 amide bonds. The van der Waals surface area contributed by atoms with Crippen molar-refractivity contribution in [2.45, 2.75) is 39.3 Å². The van der Waals surface area contributed by atoms with Gasteiger partial charge in [-0.15, -0.1) is 0 Å². The van der Waals surface area contributed by atoms with E-state index in [1.54, 1.807) is 6.20 Å². The van der Waals surface area contributed by atoms with Crippen molar-refractivity contribution in [2.24, 2.45) is 0 Å². The molecule has 3 aromatic heterocycles. The smallest absolute Gasteiger partial charge is 0.226 e. The standard InChI is InChI=1S/C29H30N6OS/c1-19-12-13-25(31-18-19)35-20(2)17-23(21(35)3)28-27(24-11-7-8-15-30-24)33-29(37)34(28)16-14-26(36)32-22-9-5-4-6-10-22/h4-13,15,17-18,27-28H,14,16H2,1-3H3,(H,32,36)(H,33,37). The van der Waals surface area contributed by atoms with Crippen LogP contribution in [0.1, 0.15) is 46.7 Å². The van der Waals surface area contributed by atoms with Crippen molar-refractivity contribution in [3.8, 4) is 5.82 Å². The van der Waals surface area contributed by atoms with Crippen LogP contribution in [-0.4, -0.2) is 37.0 Å². The minimum atomic E-state index is -0.147. The summed E-state index contributed by atoms with van der Waals surface area (Å²) >= 11 is 5.80. The number of carbonyl (C=O) groups excluding carboxylic acids is 1. The van der Waals surface area contributed by atoms with Crippen molar-refractivity contribution in [1.82, 2.24) is 24.8 Å². The number of nitrogens with one attached hydrogen (secondary N) is 2. The van der Waals surface area contributed by atoms with Gasteiger partial charge in [0.15, 0.2) is 5.11 Å². The molecule has 0 spiro atoms. The van der Waals surface area contributed by atoms with Crippen LogP contribution in [-0.2, 0) is 4.79 Å². The van der Waals surface area contributed by atoms with Gasteiger partial charge in [0, 0.05) is 42.4 Å². The van der Waals surface area contributed by atoms with E-state index in [0.717, 1.165) is 39.7 Å². The van der Waals surface area contributed by atoms with Gasteiger partial charge in [-0.1, -0.05) is 30.3 Å². The molecule has 1 fully saturated rings. The Morgan fingerprint density at radius 3 is 2.51 bits per heavy atom. The average Bonchev–Trinajstić information content (AvgIpc) is 3.39. The molecule has 7 nitrogen and oxygen atoms in total. The Bertz CT molecular complexity index is 1400. The fraction of sp³-hybridized carbons (Fsp3) is 0.241. The first-order valence-electron chi connectivity index (χ1n) is 12.4. The van der Waals surface area contributed by atoms with Crippen LogP contribution < -0.4 is 10.6 Å². The molecule has 0 saturated carbocycles. The Hall–Kier alpha value is -4.04. The van der Waals surface area contributed by atoms with E-state index >= 15 is 0 Å². The topological polar surface area (TPSA) is 75.1 Å². The molecule has 0 aliphatic carbocycles. The van der Waals surface area contributed by atoms with E-state index < -0.39 is 0 Å². The van der Waals surface area contributed by atoms with Gasteiger partial charge in [0.1, 0.15) is 5.82 Å². The zero-order chi connectivity index (χ0) is 25.9. The monoisotopic (exact) mass is 510 g/mol. The van der Waals surface area contributed by atoms with Crippen LogP contribution in [0.25, 0.3) is 5.82 Å². The van der Waals surface area contributed by atoms with Crippen LogP contribution in [0.3, 0.4) is 0 Å². The number of benzene rings is 1. The Morgan fingerprint density at radius 2 is 1.81 bits per heavy atom. The van der Waals surface area contributed by atoms with E-state index in [-0.39, 0.29) is 18.0 Å². The van der Waals surface area contributed by atoms with Gasteiger partial charge >= 0.3 is 0 Å². The zero-order valence-electron chi connectivity index (χ0n) is 21.2. The highest BCUT2D eigenvalue weighted by molar-refractivity contribution is 7.80. The largest absolute Gasteiger partial charge is 0.352 e. The van der Waals surface area contributed by atoms with Crippen molar-refractivity contribution < 1.29 is 4.79 Å². The number of nitrogens with zero attached hydrogens (tertiary/aromatic N) is 4. The lowest BCUT2D eigenvalue weighted by molar-refractivity contribution is -0.116. The van der Waals surface area contributed by atoms with Crippen LogP contribution in [0.4, 0.5) is 5.69 Å². The lowest BCUT2D eigenvalue weighted by atomic mass is 9.96. The summed E-state index contributed by atoms with van der Waals surface area (Å²) in [5.74, 6) is 0.826. The number of thiocarbonyl (C=S) groups is 1. The van der Waals surface area contributed by atoms with E-state index in [0.29, 0.717) is 18.1 Å². The third kappa shape index (κ3) is 5.11. The molecule has 2 unspecified atom stereocenters. The van der Waals surface area contributed by atoms with E-state index in [1.807, 2.05) is 67.7 Å². The van der Waals surface area contributed by atoms with Gasteiger partial charge in [0.2, 0.25) is 5.91 Å². The van der Waals surface area contributed by atoms with Crippen LogP contribution in [0.15, 0.2) is 79.1 Å². The van der Waals surface area contributed by atoms with Crippen molar-refractivity contribution in [3.05, 3.63) is 107 Å². The fourth-order valence-corrected chi connectivity index (χ4v) is 5.32. The summed E-state index contributed by atoms with van der Waals surface area (Å²) < 4.78 is 2.17. The summed E-state index contributed by atoms with van der Waals surface area (Å²) in [5.41, 5.74) is 6.11. The van der Waals surface area contributed by atoms with Gasteiger partial charge in [0.05, 0.1) is 17.8 Å². The summed E-state index contributed by atoms with van der Waals surface area (Å²) in [6, 6.07) is 21.4. The molecule has 1 aromatic carbocycles. The van der Waals surface area contributed by atoms with Gasteiger partial charge < -0.3 is 20.1 Å². The van der Waals surface area contributed by atoms with E-state index in [9.17, 15) is 4.79 Å². The SMILES string of the molecule is Cc1ccc(-n2c(C)cc(C3C(c4ccccn4)NC(=S)N3CCC(=O)Nc3ccccc3)c2C)nc1. The first kappa shape index (κ1) is 24.6. The summed E-state index contributed by atoms with van der Waals surface area (Å²) in [6.07, 6.45) is 3.99. The second-order valence-electron chi connectivity index (χ2n) is 9.34. The number of aryl methyl sites for hydroxylation is 2. The molecular formula is C29H30N6OS. The number of para-hydroxylation sites is 1. The molecule has 4 aromatic rings. The van der Waals surface area contributed by atoms with Crippen LogP contribution in [0, 0.1) is 20.8 Å². The maximum atomic E-state index is 12.8. The molecule has 188 valence electrons. The van der Waals surface area contributed by atoms with Gasteiger partial charge in [-0.25, -0.2) is 4.98 Å². The summed E-state index contributed by atoms with van der Waals surface area (Å²) in [6.45, 7) is 6.71. The van der Waals surface area contributed by atoms with Gasteiger partial charge in [-0.3, -0.25) is 9.78 Å². The van der Waals surface area contributed by atoms with Crippen LogP contribution in [0.2, 0.25) is 0 Å². The van der Waals surface area contributed by atoms with E-state index in [4.69, 9.17) is 12.2 Å². The minimum absolute atomic E-state index is 0.0524. The highest BCUT2D eigenvalue weighted by Crippen LogP contribution is 2.41. The molecule has 4 heterocycles. The third-order valence-electron chi connectivity index (χ3n) is 6.75. The van der Waals surface area contributed by atoms with Gasteiger partial charge in [-0.05, 0) is 80.5 Å². The lowest BCUT2D eigenvalue weighted by Gasteiger charge is -2.28. The third-order valence-corrected chi connectivity index (χ3v) is 7.10. The number of amides is 1. The predicted octanol–water partition coefficient (Wildman–Crippen LogP) is 5.19. The number of rotatable bonds is 7. The number of hydrogen-bond acceptors (Lipinski definition) is 4. The van der Waals surface area contributed by atoms with Crippen LogP contribution >= 0.6 is 12.2 Å². The molecule has 37 heavy (non-hydrogen) atoms. The Balaban J connectivity index is 1.47. The average molecular weight is 511 g/mol. The summed E-state index contributed by atoms with van der Waals surface area (Å²) in [7, 11) is 0. The molecular weight excluding hydrogens is 480 g/mol. The first-order chi connectivity index (χ1) is 17.9. The molecule has 2 N–H and O–H groups in total. The molecule has 2 atom stereocenters. The van der Waals surface area contributed by atoms with E-state index in [2.05, 4.69) is 56.0 Å². The van der Waals surface area contributed by atoms with Gasteiger partial charge in [-0.2, -0.15) is 0 Å². The minimum Gasteiger partial charge on any atom is -0.352 e. The highest BCUT2D eigenvalue weighted by Gasteiger charge is 2.41. The molecule has 1 aliphatic heterocycles. The fourth-order valence-electron chi connectivity index (χ4n) is 4.98. The number of hydrogen-bond donors (Lipinski definition) is 2. The molecule has 1 saturated heterocycles. The van der Waals surface area contributed by atoms with Gasteiger partial charge in [0.25, 0.3) is 0 Å². The zero-order valence-corrected chi connectivity index (χ0v) is 22.0. The predicted molar refractivity (Wildman–Crippen MR) is 150 cm³/mol. The summed E-state index contributed by atoms with van der Waals surface area (Å²) in [5, 5.41) is 7.08. The molecule has 1 aliphatic rings. The van der Waals surface area contributed by atoms with Crippen molar-refractivity contribution in [3.63, 3.8) is 0 Å². The number of anilines is 1.